The van der Waals surface area contributed by atoms with Gasteiger partial charge in [0, 0.05) is 86.2 Å². The monoisotopic (exact) mass is 1470 g/mol. The van der Waals surface area contributed by atoms with Gasteiger partial charge in [-0.2, -0.15) is 0 Å². The van der Waals surface area contributed by atoms with Crippen LogP contribution in [0.3, 0.4) is 0 Å². The molecule has 7 rings (SSSR count). The fourth-order valence-electron chi connectivity index (χ4n) is 13.1. The Hall–Kier alpha value is -10.9. The van der Waals surface area contributed by atoms with E-state index >= 15 is 0 Å². The lowest BCUT2D eigenvalue weighted by atomic mass is 10.0. The number of H-pyrrole nitrogens is 3. The van der Waals surface area contributed by atoms with E-state index < -0.39 is 180 Å². The smallest absolute Gasteiger partial charge is 0.326 e. The number of benzene rings is 1. The summed E-state index contributed by atoms with van der Waals surface area (Å²) in [6, 6.07) is -10.4. The van der Waals surface area contributed by atoms with Gasteiger partial charge in [-0.05, 0) is 102 Å². The predicted octanol–water partition coefficient (Wildman–Crippen LogP) is -5.52. The summed E-state index contributed by atoms with van der Waals surface area (Å²) in [6.45, 7) is 5.10. The van der Waals surface area contributed by atoms with Gasteiger partial charge in [0.25, 0.3) is 0 Å². The van der Waals surface area contributed by atoms with Crippen LogP contribution in [0.4, 0.5) is 0 Å². The average Bonchev–Trinajstić information content (AvgIpc) is 1.67. The molecule has 14 amide bonds. The molecule has 3 aliphatic rings. The van der Waals surface area contributed by atoms with Crippen molar-refractivity contribution in [2.75, 3.05) is 26.2 Å². The highest BCUT2D eigenvalue weighted by atomic mass is 16.4. The SMILES string of the molecule is CC(C)C[C@H](NC(=O)[C@@H]1CCCN1C(=O)[C@@H]1CCCN1C(=O)[C@@H]1CCCN1C(=O)[C@H](CCCCN)NC(=O)[C@H](Cc1cnc[nH]1)NC(=O)[C@H](CCC(N)=O)NC(=O)[C@@H](N)Cc1cnc[nH]1)C(=O)N[C@H](C(=O)N[C@@H](CC(N)=O)C(=O)N[C@@H](CC(N)=O)C(=O)N[C@@H](Cc1c[nH]c2ccccc12)C(=O)O)[C@@H](C)O. The maximum absolute atomic E-state index is 14.9. The quantitative estimate of drug-likeness (QED) is 0.0185. The van der Waals surface area contributed by atoms with Gasteiger partial charge in [0.05, 0.1) is 37.6 Å². The van der Waals surface area contributed by atoms with E-state index in [9.17, 15) is 82.1 Å². The second-order valence-corrected chi connectivity index (χ2v) is 27.1. The number of hydrogen-bond acceptors (Lipinski definition) is 20. The molecular weight excluding hydrogens is 1370 g/mol. The van der Waals surface area contributed by atoms with Crippen molar-refractivity contribution in [1.82, 2.24) is 82.2 Å². The largest absolute Gasteiger partial charge is 0.480 e. The summed E-state index contributed by atoms with van der Waals surface area (Å²) in [5, 5.41) is 41.5. The van der Waals surface area contributed by atoms with Gasteiger partial charge in [0.15, 0.2) is 0 Å². The number of primary amides is 3. The molecule has 38 nitrogen and oxygen atoms in total. The van der Waals surface area contributed by atoms with Crippen molar-refractivity contribution in [1.29, 1.82) is 0 Å². The number of imidazole rings is 2. The first-order valence-electron chi connectivity index (χ1n) is 35.0. The first-order chi connectivity index (χ1) is 49.9. The normalized spacial score (nSPS) is 18.6. The van der Waals surface area contributed by atoms with Crippen molar-refractivity contribution < 1.29 is 82.1 Å². The third-order valence-electron chi connectivity index (χ3n) is 18.5. The molecule has 0 aliphatic carbocycles. The summed E-state index contributed by atoms with van der Waals surface area (Å²) in [5.41, 5.74) is 30.5. The Labute approximate surface area is 603 Å². The van der Waals surface area contributed by atoms with Gasteiger partial charge in [0.2, 0.25) is 82.7 Å². The Morgan fingerprint density at radius 2 is 1.05 bits per heavy atom. The van der Waals surface area contributed by atoms with E-state index in [4.69, 9.17) is 28.7 Å². The summed E-state index contributed by atoms with van der Waals surface area (Å²) in [5.74, 6) is -14.5. The molecule has 3 saturated heterocycles. The molecular formula is C67H97N21O17. The number of carboxylic acids is 1. The summed E-state index contributed by atoms with van der Waals surface area (Å²) in [4.78, 5) is 227. The minimum Gasteiger partial charge on any atom is -0.480 e. The van der Waals surface area contributed by atoms with Crippen molar-refractivity contribution in [3.8, 4) is 0 Å². The van der Waals surface area contributed by atoms with E-state index in [1.54, 1.807) is 44.3 Å². The first-order valence-corrected chi connectivity index (χ1v) is 35.0. The molecule has 38 heteroatoms. The van der Waals surface area contributed by atoms with Crippen LogP contribution in [0.25, 0.3) is 10.9 Å². The summed E-state index contributed by atoms with van der Waals surface area (Å²) < 4.78 is 0. The fourth-order valence-corrected chi connectivity index (χ4v) is 13.1. The van der Waals surface area contributed by atoms with Crippen LogP contribution >= 0.6 is 0 Å². The number of aromatic amines is 3. The van der Waals surface area contributed by atoms with Crippen LogP contribution in [0.2, 0.25) is 0 Å². The first kappa shape index (κ1) is 81.4. The van der Waals surface area contributed by atoms with Crippen LogP contribution in [0.1, 0.15) is 128 Å². The molecule has 3 aliphatic heterocycles. The van der Waals surface area contributed by atoms with Crippen molar-refractivity contribution in [2.24, 2.45) is 34.6 Å². The number of para-hydroxylation sites is 1. The van der Waals surface area contributed by atoms with Gasteiger partial charge >= 0.3 is 5.97 Å². The number of carbonyl (C=O) groups excluding carboxylic acids is 14. The molecule has 0 radical (unpaired) electrons. The Morgan fingerprint density at radius 3 is 1.61 bits per heavy atom. The van der Waals surface area contributed by atoms with Crippen LogP contribution < -0.4 is 71.2 Å². The molecule has 3 aromatic heterocycles. The number of aliphatic carboxylic acids is 1. The topological polar surface area (TPSA) is 606 Å². The number of hydrogen-bond donors (Lipinski definition) is 18. The fraction of sp³-hybridized carbons (Fsp3) is 0.567. The number of nitrogens with one attached hydrogen (secondary N) is 11. The minimum absolute atomic E-state index is 0.0201. The van der Waals surface area contributed by atoms with E-state index in [0.717, 1.165) is 6.92 Å². The molecule has 572 valence electrons. The van der Waals surface area contributed by atoms with Gasteiger partial charge in [-0.1, -0.05) is 32.0 Å². The van der Waals surface area contributed by atoms with Gasteiger partial charge in [0.1, 0.15) is 66.5 Å². The number of aliphatic hydroxyl groups excluding tert-OH is 1. The minimum atomic E-state index is -1.94. The Balaban J connectivity index is 1.00. The number of carboxylic acid groups (broad SMARTS) is 1. The Kier molecular flexibility index (Phi) is 29.9. The van der Waals surface area contributed by atoms with E-state index in [2.05, 4.69) is 67.5 Å². The molecule has 0 bridgehead atoms. The highest BCUT2D eigenvalue weighted by Gasteiger charge is 2.48. The van der Waals surface area contributed by atoms with Crippen LogP contribution in [-0.4, -0.2) is 243 Å². The molecule has 4 aromatic rings. The second kappa shape index (κ2) is 38.6. The van der Waals surface area contributed by atoms with Crippen molar-refractivity contribution in [3.63, 3.8) is 0 Å². The number of aromatic nitrogens is 5. The number of rotatable bonds is 40. The van der Waals surface area contributed by atoms with Gasteiger partial charge in [-0.3, -0.25) is 67.1 Å². The second-order valence-electron chi connectivity index (χ2n) is 27.1. The zero-order valence-corrected chi connectivity index (χ0v) is 58.8. The van der Waals surface area contributed by atoms with Crippen molar-refractivity contribution in [3.05, 3.63) is 72.5 Å². The van der Waals surface area contributed by atoms with Crippen LogP contribution in [0.15, 0.2) is 55.5 Å². The summed E-state index contributed by atoms with van der Waals surface area (Å²) in [6.07, 6.45) is 5.01. The lowest BCUT2D eigenvalue weighted by Gasteiger charge is -2.35. The van der Waals surface area contributed by atoms with E-state index in [0.29, 0.717) is 60.0 Å². The maximum Gasteiger partial charge on any atom is 0.326 e. The molecule has 1 aromatic carbocycles. The lowest BCUT2D eigenvalue weighted by Crippen LogP contribution is -2.62. The van der Waals surface area contributed by atoms with E-state index in [1.807, 2.05) is 0 Å². The maximum atomic E-state index is 14.9. The average molecular weight is 1470 g/mol. The highest BCUT2D eigenvalue weighted by molar-refractivity contribution is 6.01. The molecule has 0 unspecified atom stereocenters. The number of aliphatic hydroxyl groups is 1. The number of likely N-dealkylation sites (tertiary alicyclic amines) is 3. The summed E-state index contributed by atoms with van der Waals surface area (Å²) in [7, 11) is 0. The van der Waals surface area contributed by atoms with E-state index in [1.165, 1.54) is 39.7 Å². The van der Waals surface area contributed by atoms with Crippen molar-refractivity contribution in [2.45, 2.75) is 209 Å². The van der Waals surface area contributed by atoms with Crippen LogP contribution in [0, 0.1) is 5.92 Å². The van der Waals surface area contributed by atoms with Gasteiger partial charge < -0.3 is 111 Å². The number of carbonyl (C=O) groups is 15. The zero-order chi connectivity index (χ0) is 76.8. The third-order valence-corrected chi connectivity index (χ3v) is 18.5. The van der Waals surface area contributed by atoms with Crippen LogP contribution in [-0.2, 0) is 91.2 Å². The molecule has 13 atom stereocenters. The molecule has 105 heavy (non-hydrogen) atoms. The Bertz CT molecular complexity index is 3750. The van der Waals surface area contributed by atoms with Crippen molar-refractivity contribution >= 4 is 99.6 Å². The number of unbranched alkanes of at least 4 members (excludes halogenated alkanes) is 1. The molecule has 23 N–H and O–H groups in total. The number of nitrogens with two attached hydrogens (primary N) is 5. The zero-order valence-electron chi connectivity index (χ0n) is 58.8. The van der Waals surface area contributed by atoms with Gasteiger partial charge in [-0.25, -0.2) is 14.8 Å². The number of fused-ring (bicyclic) bond motifs is 1. The molecule has 3 fully saturated rings. The number of amides is 14. The number of nitrogens with zero attached hydrogens (tertiary/aromatic N) is 5. The molecule has 6 heterocycles. The molecule has 0 saturated carbocycles. The third kappa shape index (κ3) is 23.1. The summed E-state index contributed by atoms with van der Waals surface area (Å²) >= 11 is 0. The Morgan fingerprint density at radius 1 is 0.543 bits per heavy atom. The van der Waals surface area contributed by atoms with E-state index in [-0.39, 0.29) is 96.3 Å². The lowest BCUT2D eigenvalue weighted by molar-refractivity contribution is -0.151. The molecule has 0 spiro atoms. The predicted molar refractivity (Wildman–Crippen MR) is 372 cm³/mol. The van der Waals surface area contributed by atoms with Crippen LogP contribution in [0.5, 0.6) is 0 Å². The highest BCUT2D eigenvalue weighted by Crippen LogP contribution is 2.30. The van der Waals surface area contributed by atoms with Gasteiger partial charge in [-0.15, -0.1) is 0 Å². The standard InChI is InChI=1S/C67H97N21O17/c1-34(2)23-44(61(98)85-55(35(3)89)63(100)83-47(28-54(72)92)59(96)81-46(27-53(71)91)60(97)84-48(67(104)105)24-36-29-75-41-12-5-4-11-39(36)41)82-62(99)49-14-8-20-86(49)65(102)51-16-10-22-88(51)66(103)50-15-9-21-87(50)64(101)43(13-6-7-19-68)79-58(95)45(26-38-31-74-33-77-38)80-57(94)42(17-18-52(70)90)78-56(93)40(69)25-37-30-73-32-76-37/h4-5,11-12,29-35,40,42-51,55,75,89H,6-10,13-28,68-69H2,1-3H3,(H2,70,90)(H2,71,91)(H2,72,92)(H,73,76)(H,74,77)(H,78,93)(H,79,95)(H,80,94)(H,81,96)(H,82,99)(H,83,100)(H,84,97)(H,85,98)(H,104,105)/t35-,40+,42+,43+,44+,45+,46+,47+,48+,49+,50+,51+,55+/m1/s1.